The van der Waals surface area contributed by atoms with Crippen molar-refractivity contribution in [2.75, 3.05) is 0 Å². The predicted octanol–water partition coefficient (Wildman–Crippen LogP) is 10.9. The van der Waals surface area contributed by atoms with Gasteiger partial charge in [0.2, 0.25) is 0 Å². The summed E-state index contributed by atoms with van der Waals surface area (Å²) in [5.74, 6) is 0. The van der Waals surface area contributed by atoms with E-state index in [0.717, 1.165) is 55.2 Å². The van der Waals surface area contributed by atoms with Crippen molar-refractivity contribution >= 4 is 65.7 Å². The van der Waals surface area contributed by atoms with Crippen LogP contribution in [0.3, 0.4) is 0 Å². The van der Waals surface area contributed by atoms with E-state index in [1.54, 1.807) is 0 Å². The van der Waals surface area contributed by atoms with E-state index < -0.39 is 0 Å². The van der Waals surface area contributed by atoms with Crippen molar-refractivity contribution in [1.82, 2.24) is 4.57 Å². The number of hydrogen-bond donors (Lipinski definition) is 0. The SMILES string of the molecule is CC1(C)c2ccccc2-c2cc3c(cc21)oc1ccc2c(c4ccccc4n2-c2cccc4c2oc2ccccc24)c13. The minimum Gasteiger partial charge on any atom is -0.456 e. The highest BCUT2D eigenvalue weighted by Crippen LogP contribution is 2.51. The van der Waals surface area contributed by atoms with Crippen LogP contribution in [0, 0.1) is 0 Å². The number of hydrogen-bond acceptors (Lipinski definition) is 2. The van der Waals surface area contributed by atoms with Gasteiger partial charge in [-0.1, -0.05) is 86.6 Å². The fourth-order valence-corrected chi connectivity index (χ4v) is 7.69. The normalized spacial score (nSPS) is 14.1. The van der Waals surface area contributed by atoms with E-state index in [0.29, 0.717) is 0 Å². The predicted molar refractivity (Wildman–Crippen MR) is 173 cm³/mol. The third kappa shape index (κ3) is 2.62. The Morgan fingerprint density at radius 2 is 1.29 bits per heavy atom. The largest absolute Gasteiger partial charge is 0.456 e. The maximum atomic E-state index is 6.62. The first-order valence-corrected chi connectivity index (χ1v) is 14.5. The summed E-state index contributed by atoms with van der Waals surface area (Å²) in [4.78, 5) is 0. The Morgan fingerprint density at radius 1 is 0.500 bits per heavy atom. The van der Waals surface area contributed by atoms with E-state index in [9.17, 15) is 0 Å². The quantitative estimate of drug-likeness (QED) is 0.208. The molecule has 0 radical (unpaired) electrons. The molecule has 0 bridgehead atoms. The number of benzene rings is 6. The van der Waals surface area contributed by atoms with Crippen LogP contribution < -0.4 is 0 Å². The minimum atomic E-state index is -0.0737. The van der Waals surface area contributed by atoms with Gasteiger partial charge in [-0.3, -0.25) is 0 Å². The van der Waals surface area contributed by atoms with Gasteiger partial charge in [0.15, 0.2) is 5.58 Å². The number of furan rings is 2. The molecule has 3 aromatic heterocycles. The van der Waals surface area contributed by atoms with E-state index in [1.807, 2.05) is 12.1 Å². The van der Waals surface area contributed by atoms with Gasteiger partial charge in [0, 0.05) is 37.7 Å². The lowest BCUT2D eigenvalue weighted by atomic mass is 9.82. The van der Waals surface area contributed by atoms with Gasteiger partial charge in [-0.2, -0.15) is 0 Å². The Balaban J connectivity index is 1.36. The molecular weight excluding hydrogens is 514 g/mol. The molecule has 9 aromatic rings. The fraction of sp³-hybridized carbons (Fsp3) is 0.0769. The number of aromatic nitrogens is 1. The van der Waals surface area contributed by atoms with Gasteiger partial charge in [-0.05, 0) is 64.7 Å². The molecule has 198 valence electrons. The van der Waals surface area contributed by atoms with Crippen molar-refractivity contribution in [3.63, 3.8) is 0 Å². The maximum absolute atomic E-state index is 6.62. The second-order valence-electron chi connectivity index (χ2n) is 12.1. The summed E-state index contributed by atoms with van der Waals surface area (Å²) >= 11 is 0. The van der Waals surface area contributed by atoms with E-state index in [1.165, 1.54) is 38.4 Å². The first-order chi connectivity index (χ1) is 20.6. The van der Waals surface area contributed by atoms with Gasteiger partial charge in [-0.15, -0.1) is 0 Å². The van der Waals surface area contributed by atoms with Crippen LogP contribution in [-0.2, 0) is 5.41 Å². The third-order valence-electron chi connectivity index (χ3n) is 9.60. The number of fused-ring (bicyclic) bond motifs is 13. The zero-order valence-electron chi connectivity index (χ0n) is 23.2. The van der Waals surface area contributed by atoms with Crippen LogP contribution in [0.2, 0.25) is 0 Å². The second-order valence-corrected chi connectivity index (χ2v) is 12.1. The van der Waals surface area contributed by atoms with Crippen molar-refractivity contribution in [2.45, 2.75) is 19.3 Å². The molecule has 0 spiro atoms. The lowest BCUT2D eigenvalue weighted by molar-refractivity contribution is 0.647. The molecule has 42 heavy (non-hydrogen) atoms. The van der Waals surface area contributed by atoms with E-state index in [4.69, 9.17) is 8.83 Å². The van der Waals surface area contributed by atoms with Crippen LogP contribution >= 0.6 is 0 Å². The van der Waals surface area contributed by atoms with Crippen LogP contribution in [0.5, 0.6) is 0 Å². The molecule has 1 aliphatic carbocycles. The minimum absolute atomic E-state index is 0.0737. The van der Waals surface area contributed by atoms with Crippen molar-refractivity contribution in [2.24, 2.45) is 0 Å². The second kappa shape index (κ2) is 7.51. The summed E-state index contributed by atoms with van der Waals surface area (Å²) < 4.78 is 15.5. The van der Waals surface area contributed by atoms with E-state index in [2.05, 4.69) is 122 Å². The maximum Gasteiger partial charge on any atom is 0.159 e. The number of rotatable bonds is 1. The molecule has 0 saturated carbocycles. The molecule has 0 atom stereocenters. The van der Waals surface area contributed by atoms with Crippen molar-refractivity contribution in [1.29, 1.82) is 0 Å². The topological polar surface area (TPSA) is 31.2 Å². The fourth-order valence-electron chi connectivity index (χ4n) is 7.69. The van der Waals surface area contributed by atoms with Gasteiger partial charge >= 0.3 is 0 Å². The highest BCUT2D eigenvalue weighted by Gasteiger charge is 2.36. The van der Waals surface area contributed by atoms with E-state index >= 15 is 0 Å². The molecule has 0 unspecified atom stereocenters. The summed E-state index contributed by atoms with van der Waals surface area (Å²) in [7, 11) is 0. The molecule has 6 aromatic carbocycles. The highest BCUT2D eigenvalue weighted by atomic mass is 16.3. The zero-order chi connectivity index (χ0) is 27.7. The Labute approximate surface area is 241 Å². The summed E-state index contributed by atoms with van der Waals surface area (Å²) in [5, 5.41) is 7.00. The number of nitrogens with zero attached hydrogens (tertiary/aromatic N) is 1. The molecule has 10 rings (SSSR count). The molecule has 0 fully saturated rings. The van der Waals surface area contributed by atoms with Crippen LogP contribution in [0.1, 0.15) is 25.0 Å². The summed E-state index contributed by atoms with van der Waals surface area (Å²) in [6, 6.07) is 41.2. The molecule has 0 saturated heterocycles. The Bertz CT molecular complexity index is 2610. The van der Waals surface area contributed by atoms with Gasteiger partial charge < -0.3 is 13.4 Å². The zero-order valence-corrected chi connectivity index (χ0v) is 23.2. The standard InChI is InChI=1S/C39H25NO2/c1-39(2)28-14-6-3-10-22(28)26-20-27-35(21-29(26)39)41-34-19-18-31-36(37(27)34)25-12-4-7-15-30(25)40(31)32-16-9-13-24-23-11-5-8-17-33(23)42-38(24)32/h3-21H,1-2H3. The highest BCUT2D eigenvalue weighted by molar-refractivity contribution is 6.28. The number of para-hydroxylation sites is 3. The van der Waals surface area contributed by atoms with E-state index in [-0.39, 0.29) is 5.41 Å². The van der Waals surface area contributed by atoms with Crippen LogP contribution in [0.25, 0.3) is 82.5 Å². The van der Waals surface area contributed by atoms with Crippen LogP contribution in [0.15, 0.2) is 124 Å². The Hall–Kier alpha value is -5.28. The molecular formula is C39H25NO2. The van der Waals surface area contributed by atoms with Crippen molar-refractivity contribution in [3.8, 4) is 16.8 Å². The first kappa shape index (κ1) is 22.4. The molecule has 0 aliphatic heterocycles. The molecule has 3 heteroatoms. The summed E-state index contributed by atoms with van der Waals surface area (Å²) in [5.41, 5.74) is 12.2. The monoisotopic (exact) mass is 539 g/mol. The van der Waals surface area contributed by atoms with Gasteiger partial charge in [0.1, 0.15) is 16.7 Å². The van der Waals surface area contributed by atoms with Crippen molar-refractivity contribution in [3.05, 3.63) is 126 Å². The smallest absolute Gasteiger partial charge is 0.159 e. The molecule has 0 N–H and O–H groups in total. The third-order valence-corrected chi connectivity index (χ3v) is 9.60. The average Bonchev–Trinajstić information content (AvgIpc) is 3.73. The van der Waals surface area contributed by atoms with Gasteiger partial charge in [0.25, 0.3) is 0 Å². The average molecular weight is 540 g/mol. The summed E-state index contributed by atoms with van der Waals surface area (Å²) in [6.07, 6.45) is 0. The Kier molecular flexibility index (Phi) is 4.01. The molecule has 1 aliphatic rings. The lowest BCUT2D eigenvalue weighted by Crippen LogP contribution is -2.14. The van der Waals surface area contributed by atoms with Gasteiger partial charge in [0.05, 0.1) is 16.7 Å². The van der Waals surface area contributed by atoms with Crippen molar-refractivity contribution < 1.29 is 8.83 Å². The first-order valence-electron chi connectivity index (χ1n) is 14.5. The lowest BCUT2D eigenvalue weighted by Gasteiger charge is -2.21. The molecule has 3 nitrogen and oxygen atoms in total. The Morgan fingerprint density at radius 3 is 2.21 bits per heavy atom. The van der Waals surface area contributed by atoms with Gasteiger partial charge in [-0.25, -0.2) is 0 Å². The molecule has 3 heterocycles. The van der Waals surface area contributed by atoms with Crippen LogP contribution in [-0.4, -0.2) is 4.57 Å². The molecule has 0 amide bonds. The van der Waals surface area contributed by atoms with Crippen LogP contribution in [0.4, 0.5) is 0 Å². The summed E-state index contributed by atoms with van der Waals surface area (Å²) in [6.45, 7) is 4.63.